The highest BCUT2D eigenvalue weighted by Gasteiger charge is 2.20. The molecule has 0 bridgehead atoms. The van der Waals surface area contributed by atoms with Crippen molar-refractivity contribution in [3.63, 3.8) is 0 Å². The zero-order chi connectivity index (χ0) is 41.5. The maximum atomic E-state index is 12.5. The topological polar surface area (TPSA) is 89.8 Å². The second-order valence-electron chi connectivity index (χ2n) is 17.0. The van der Waals surface area contributed by atoms with Crippen molar-refractivity contribution in [2.24, 2.45) is 0 Å². The van der Waals surface area contributed by atoms with E-state index in [4.69, 9.17) is 0 Å². The normalized spacial score (nSPS) is 13.8. The van der Waals surface area contributed by atoms with Crippen LogP contribution in [-0.4, -0.2) is 46.1 Å². The lowest BCUT2D eigenvalue weighted by atomic mass is 10.0. The predicted molar refractivity (Wildman–Crippen MR) is 250 cm³/mol. The molecule has 0 heterocycles. The summed E-state index contributed by atoms with van der Waals surface area (Å²) in [6, 6.07) is -0.771. The van der Waals surface area contributed by atoms with Gasteiger partial charge in [0.25, 0.3) is 0 Å². The van der Waals surface area contributed by atoms with E-state index in [9.17, 15) is 20.1 Å². The van der Waals surface area contributed by atoms with Gasteiger partial charge in [-0.15, -0.1) is 0 Å². The van der Waals surface area contributed by atoms with Crippen LogP contribution in [0.2, 0.25) is 0 Å². The first-order valence-electron chi connectivity index (χ1n) is 24.9. The van der Waals surface area contributed by atoms with Gasteiger partial charge in [-0.3, -0.25) is 4.79 Å². The summed E-state index contributed by atoms with van der Waals surface area (Å²) in [5.41, 5.74) is 0. The lowest BCUT2D eigenvalue weighted by Gasteiger charge is -2.20. The number of carbonyl (C=O) groups excluding carboxylic acids is 1. The summed E-state index contributed by atoms with van der Waals surface area (Å²) in [6.07, 6.45) is 61.3. The van der Waals surface area contributed by atoms with E-state index in [-0.39, 0.29) is 18.9 Å². The molecule has 0 saturated heterocycles. The Morgan fingerprint density at radius 1 is 0.439 bits per heavy atom. The van der Waals surface area contributed by atoms with Gasteiger partial charge in [0, 0.05) is 0 Å². The van der Waals surface area contributed by atoms with Gasteiger partial charge in [-0.2, -0.15) is 0 Å². The van der Waals surface area contributed by atoms with Crippen molar-refractivity contribution in [1.82, 2.24) is 5.32 Å². The van der Waals surface area contributed by atoms with Crippen LogP contribution < -0.4 is 5.32 Å². The lowest BCUT2D eigenvalue weighted by molar-refractivity contribution is -0.124. The molecular formula is C52H97NO4. The first-order valence-corrected chi connectivity index (χ1v) is 24.9. The molecule has 4 N–H and O–H groups in total. The van der Waals surface area contributed by atoms with Gasteiger partial charge in [-0.1, -0.05) is 223 Å². The fourth-order valence-corrected chi connectivity index (χ4v) is 7.48. The number of amides is 1. The molecule has 3 unspecified atom stereocenters. The van der Waals surface area contributed by atoms with Crippen LogP contribution in [0.4, 0.5) is 0 Å². The van der Waals surface area contributed by atoms with Gasteiger partial charge in [0.15, 0.2) is 0 Å². The van der Waals surface area contributed by atoms with E-state index in [1.165, 1.54) is 173 Å². The number of hydrogen-bond donors (Lipinski definition) is 4. The van der Waals surface area contributed by atoms with Gasteiger partial charge in [-0.25, -0.2) is 0 Å². The summed E-state index contributed by atoms with van der Waals surface area (Å²) in [6.45, 7) is 4.21. The Labute approximate surface area is 355 Å². The largest absolute Gasteiger partial charge is 0.394 e. The third-order valence-electron chi connectivity index (χ3n) is 11.3. The molecular weight excluding hydrogens is 703 g/mol. The van der Waals surface area contributed by atoms with Crippen molar-refractivity contribution >= 4 is 5.91 Å². The van der Waals surface area contributed by atoms with Gasteiger partial charge in [0.2, 0.25) is 5.91 Å². The fraction of sp³-hybridized carbons (Fsp3) is 0.827. The van der Waals surface area contributed by atoms with Crippen LogP contribution in [-0.2, 0) is 4.79 Å². The lowest BCUT2D eigenvalue weighted by Crippen LogP contribution is -2.45. The Morgan fingerprint density at radius 3 is 1.12 bits per heavy atom. The summed E-state index contributed by atoms with van der Waals surface area (Å²) in [7, 11) is 0. The van der Waals surface area contributed by atoms with Crippen molar-refractivity contribution in [2.45, 2.75) is 270 Å². The van der Waals surface area contributed by atoms with Crippen molar-refractivity contribution in [1.29, 1.82) is 0 Å². The molecule has 0 aliphatic carbocycles. The second kappa shape index (κ2) is 47.0. The summed E-state index contributed by atoms with van der Waals surface area (Å²) in [5.74, 6) is -0.334. The second-order valence-corrected chi connectivity index (χ2v) is 17.0. The van der Waals surface area contributed by atoms with Crippen LogP contribution in [0, 0.1) is 0 Å². The Balaban J connectivity index is 3.70. The minimum Gasteiger partial charge on any atom is -0.394 e. The molecule has 0 fully saturated rings. The number of unbranched alkanes of at least 4 members (excludes halogenated alkanes) is 30. The average Bonchev–Trinajstić information content (AvgIpc) is 3.20. The van der Waals surface area contributed by atoms with Gasteiger partial charge >= 0.3 is 0 Å². The first-order chi connectivity index (χ1) is 28.0. The molecule has 1 amide bonds. The summed E-state index contributed by atoms with van der Waals surface area (Å²) in [4.78, 5) is 12.5. The highest BCUT2D eigenvalue weighted by molar-refractivity contribution is 5.76. The molecule has 0 aromatic rings. The number of aliphatic hydroxyl groups is 3. The number of aliphatic hydroxyl groups excluding tert-OH is 3. The highest BCUT2D eigenvalue weighted by Crippen LogP contribution is 2.15. The van der Waals surface area contributed by atoms with Crippen molar-refractivity contribution in [3.8, 4) is 0 Å². The predicted octanol–water partition coefficient (Wildman–Crippen LogP) is 14.9. The van der Waals surface area contributed by atoms with Crippen molar-refractivity contribution in [2.75, 3.05) is 6.61 Å². The molecule has 57 heavy (non-hydrogen) atoms. The van der Waals surface area contributed by atoms with Crippen molar-refractivity contribution < 1.29 is 20.1 Å². The average molecular weight is 800 g/mol. The van der Waals surface area contributed by atoms with Crippen LogP contribution in [0.1, 0.15) is 251 Å². The van der Waals surface area contributed by atoms with E-state index in [1.807, 2.05) is 6.08 Å². The smallest absolute Gasteiger partial charge is 0.222 e. The van der Waals surface area contributed by atoms with E-state index in [1.54, 1.807) is 6.08 Å². The summed E-state index contributed by atoms with van der Waals surface area (Å²) >= 11 is 0. The molecule has 0 saturated carbocycles. The molecule has 0 spiro atoms. The maximum absolute atomic E-state index is 12.5. The van der Waals surface area contributed by atoms with E-state index in [0.717, 1.165) is 51.4 Å². The van der Waals surface area contributed by atoms with Crippen LogP contribution in [0.3, 0.4) is 0 Å². The molecule has 5 heteroatoms. The Kier molecular flexibility index (Phi) is 45.6. The van der Waals surface area contributed by atoms with Crippen LogP contribution in [0.15, 0.2) is 48.6 Å². The number of rotatable bonds is 45. The zero-order valence-corrected chi connectivity index (χ0v) is 38.0. The van der Waals surface area contributed by atoms with Crippen molar-refractivity contribution in [3.05, 3.63) is 48.6 Å². The summed E-state index contributed by atoms with van der Waals surface area (Å²) in [5, 5.41) is 33.3. The SMILES string of the molecule is CCCCCCCCCC/C=C\CCCCCCCC(O)CC(=O)NC(CO)C(O)/C=C/CC/C=C/CC/C=C/CCCCCCCCCCCCCCCCC. The zero-order valence-electron chi connectivity index (χ0n) is 38.0. The molecule has 0 aliphatic rings. The first kappa shape index (κ1) is 55.3. The molecule has 0 aromatic heterocycles. The number of carbonyl (C=O) groups is 1. The van der Waals surface area contributed by atoms with Crippen LogP contribution in [0.5, 0.6) is 0 Å². The molecule has 3 atom stereocenters. The number of allylic oxidation sites excluding steroid dienone is 7. The standard InChI is InChI=1S/C52H97NO4/c1-3-5-7-9-11-13-15-17-19-21-22-23-24-25-26-27-28-30-32-34-36-38-40-42-44-46-51(56)50(48-54)53-52(57)47-49(55)45-43-41-39-37-35-33-31-29-20-18-16-14-12-10-8-6-4-2/h28-31,36,38,44,46,49-51,54-56H,3-27,32-35,37,39-43,45,47-48H2,1-2H3,(H,53,57)/b30-28+,31-29-,38-36+,46-44+. The quantitative estimate of drug-likeness (QED) is 0.0365. The summed E-state index contributed by atoms with van der Waals surface area (Å²) < 4.78 is 0. The fourth-order valence-electron chi connectivity index (χ4n) is 7.48. The Bertz CT molecular complexity index is 927. The van der Waals surface area contributed by atoms with Crippen LogP contribution in [0.25, 0.3) is 0 Å². The number of nitrogens with one attached hydrogen (secondary N) is 1. The van der Waals surface area contributed by atoms with E-state index in [2.05, 4.69) is 55.6 Å². The Hall–Kier alpha value is -1.69. The molecule has 0 aromatic carbocycles. The van der Waals surface area contributed by atoms with Gasteiger partial charge < -0.3 is 20.6 Å². The molecule has 334 valence electrons. The van der Waals surface area contributed by atoms with Gasteiger partial charge in [0.1, 0.15) is 0 Å². The third-order valence-corrected chi connectivity index (χ3v) is 11.3. The highest BCUT2D eigenvalue weighted by atomic mass is 16.3. The van der Waals surface area contributed by atoms with E-state index < -0.39 is 18.2 Å². The third kappa shape index (κ3) is 43.7. The molecule has 0 aliphatic heterocycles. The van der Waals surface area contributed by atoms with E-state index in [0.29, 0.717) is 6.42 Å². The van der Waals surface area contributed by atoms with Crippen LogP contribution >= 0.6 is 0 Å². The molecule has 0 rings (SSSR count). The maximum Gasteiger partial charge on any atom is 0.222 e. The molecule has 0 radical (unpaired) electrons. The monoisotopic (exact) mass is 800 g/mol. The van der Waals surface area contributed by atoms with Gasteiger partial charge in [0.05, 0.1) is 31.3 Å². The van der Waals surface area contributed by atoms with Gasteiger partial charge in [-0.05, 0) is 70.6 Å². The molecule has 5 nitrogen and oxygen atoms in total. The Morgan fingerprint density at radius 2 is 0.754 bits per heavy atom. The minimum atomic E-state index is -0.963. The van der Waals surface area contributed by atoms with E-state index >= 15 is 0 Å². The number of hydrogen-bond acceptors (Lipinski definition) is 4. The minimum absolute atomic E-state index is 0.00389.